The molecule has 0 radical (unpaired) electrons. The van der Waals surface area contributed by atoms with Crippen molar-refractivity contribution in [3.8, 4) is 0 Å². The third-order valence-electron chi connectivity index (χ3n) is 5.28. The van der Waals surface area contributed by atoms with Gasteiger partial charge in [-0.2, -0.15) is 0 Å². The second-order valence-corrected chi connectivity index (χ2v) is 6.47. The van der Waals surface area contributed by atoms with Crippen molar-refractivity contribution in [1.82, 2.24) is 5.32 Å². The fraction of sp³-hybridized carbons (Fsp3) is 1.00. The maximum Gasteiger partial charge on any atom is 0.0731 e. The van der Waals surface area contributed by atoms with Gasteiger partial charge in [-0.05, 0) is 32.1 Å². The van der Waals surface area contributed by atoms with Gasteiger partial charge in [0.1, 0.15) is 0 Å². The molecular weight excluding hydrogens is 198 g/mol. The molecule has 0 amide bonds. The van der Waals surface area contributed by atoms with E-state index in [0.717, 1.165) is 18.4 Å². The SMILES string of the molecule is CCCC1CC1NC1CC(C)(OC)C1(C)C. The maximum absolute atomic E-state index is 5.66. The molecule has 4 atom stereocenters. The minimum Gasteiger partial charge on any atom is -0.378 e. The second kappa shape index (κ2) is 3.99. The monoisotopic (exact) mass is 225 g/mol. The molecule has 2 fully saturated rings. The molecule has 0 bridgehead atoms. The van der Waals surface area contributed by atoms with Gasteiger partial charge in [0.15, 0.2) is 0 Å². The molecular formula is C14H27NO. The smallest absolute Gasteiger partial charge is 0.0731 e. The van der Waals surface area contributed by atoms with Gasteiger partial charge in [0, 0.05) is 24.6 Å². The lowest BCUT2D eigenvalue weighted by molar-refractivity contribution is -0.181. The molecule has 2 rings (SSSR count). The van der Waals surface area contributed by atoms with E-state index < -0.39 is 0 Å². The lowest BCUT2D eigenvalue weighted by Gasteiger charge is -2.59. The molecule has 16 heavy (non-hydrogen) atoms. The minimum atomic E-state index is 0.0693. The van der Waals surface area contributed by atoms with Crippen LogP contribution in [-0.4, -0.2) is 24.8 Å². The van der Waals surface area contributed by atoms with Gasteiger partial charge in [-0.25, -0.2) is 0 Å². The van der Waals surface area contributed by atoms with Gasteiger partial charge in [-0.1, -0.05) is 27.2 Å². The topological polar surface area (TPSA) is 21.3 Å². The fourth-order valence-electron chi connectivity index (χ4n) is 3.16. The zero-order chi connectivity index (χ0) is 12.0. The van der Waals surface area contributed by atoms with Crippen LogP contribution in [0.15, 0.2) is 0 Å². The first-order valence-electron chi connectivity index (χ1n) is 6.76. The van der Waals surface area contributed by atoms with Crippen molar-refractivity contribution >= 4 is 0 Å². The quantitative estimate of drug-likeness (QED) is 0.776. The highest BCUT2D eigenvalue weighted by atomic mass is 16.5. The van der Waals surface area contributed by atoms with Crippen LogP contribution in [0.2, 0.25) is 0 Å². The van der Waals surface area contributed by atoms with Crippen molar-refractivity contribution < 1.29 is 4.74 Å². The van der Waals surface area contributed by atoms with Crippen molar-refractivity contribution in [2.24, 2.45) is 11.3 Å². The van der Waals surface area contributed by atoms with Gasteiger partial charge in [0.2, 0.25) is 0 Å². The molecule has 0 spiro atoms. The largest absolute Gasteiger partial charge is 0.378 e. The molecule has 0 aromatic heterocycles. The normalized spacial score (nSPS) is 45.2. The molecule has 2 nitrogen and oxygen atoms in total. The molecule has 94 valence electrons. The number of nitrogens with one attached hydrogen (secondary N) is 1. The third-order valence-corrected chi connectivity index (χ3v) is 5.28. The molecule has 0 saturated heterocycles. The zero-order valence-electron chi connectivity index (χ0n) is 11.5. The summed E-state index contributed by atoms with van der Waals surface area (Å²) in [7, 11) is 1.84. The Kier molecular flexibility index (Phi) is 3.09. The first-order valence-corrected chi connectivity index (χ1v) is 6.76. The molecule has 1 N–H and O–H groups in total. The summed E-state index contributed by atoms with van der Waals surface area (Å²) in [4.78, 5) is 0. The summed E-state index contributed by atoms with van der Waals surface area (Å²) < 4.78 is 5.66. The van der Waals surface area contributed by atoms with Crippen LogP contribution in [-0.2, 0) is 4.74 Å². The van der Waals surface area contributed by atoms with Gasteiger partial charge in [-0.15, -0.1) is 0 Å². The number of rotatable bonds is 5. The van der Waals surface area contributed by atoms with Crippen molar-refractivity contribution in [2.75, 3.05) is 7.11 Å². The Balaban J connectivity index is 1.82. The fourth-order valence-corrected chi connectivity index (χ4v) is 3.16. The van der Waals surface area contributed by atoms with Crippen molar-refractivity contribution in [3.63, 3.8) is 0 Å². The van der Waals surface area contributed by atoms with E-state index in [2.05, 4.69) is 33.0 Å². The van der Waals surface area contributed by atoms with E-state index in [0.29, 0.717) is 6.04 Å². The molecule has 2 heteroatoms. The van der Waals surface area contributed by atoms with E-state index in [1.165, 1.54) is 19.3 Å². The summed E-state index contributed by atoms with van der Waals surface area (Å²) in [6.07, 6.45) is 5.27. The summed E-state index contributed by atoms with van der Waals surface area (Å²) in [5, 5.41) is 3.82. The van der Waals surface area contributed by atoms with Crippen LogP contribution in [0, 0.1) is 11.3 Å². The predicted molar refractivity (Wildman–Crippen MR) is 67.5 cm³/mol. The molecule has 2 aliphatic rings. The van der Waals surface area contributed by atoms with E-state index in [1.54, 1.807) is 0 Å². The van der Waals surface area contributed by atoms with Gasteiger partial charge < -0.3 is 10.1 Å². The number of ether oxygens (including phenoxy) is 1. The van der Waals surface area contributed by atoms with Crippen LogP contribution in [0.25, 0.3) is 0 Å². The highest BCUT2D eigenvalue weighted by molar-refractivity contribution is 5.13. The highest BCUT2D eigenvalue weighted by Crippen LogP contribution is 2.52. The lowest BCUT2D eigenvalue weighted by atomic mass is 9.56. The summed E-state index contributed by atoms with van der Waals surface area (Å²) in [5.41, 5.74) is 0.334. The number of methoxy groups -OCH3 is 1. The first-order chi connectivity index (χ1) is 7.44. The van der Waals surface area contributed by atoms with Gasteiger partial charge in [0.05, 0.1) is 5.60 Å². The molecule has 0 aromatic carbocycles. The minimum absolute atomic E-state index is 0.0693. The maximum atomic E-state index is 5.66. The molecule has 2 saturated carbocycles. The number of hydrogen-bond acceptors (Lipinski definition) is 2. The van der Waals surface area contributed by atoms with Crippen molar-refractivity contribution in [1.29, 1.82) is 0 Å². The Morgan fingerprint density at radius 3 is 2.50 bits per heavy atom. The van der Waals surface area contributed by atoms with E-state index in [1.807, 2.05) is 7.11 Å². The average Bonchev–Trinajstić information content (AvgIpc) is 2.96. The van der Waals surface area contributed by atoms with Crippen LogP contribution in [0.3, 0.4) is 0 Å². The number of hydrogen-bond donors (Lipinski definition) is 1. The van der Waals surface area contributed by atoms with Gasteiger partial charge in [-0.3, -0.25) is 0 Å². The second-order valence-electron chi connectivity index (χ2n) is 6.47. The van der Waals surface area contributed by atoms with E-state index >= 15 is 0 Å². The summed E-state index contributed by atoms with van der Waals surface area (Å²) in [5.74, 6) is 0.954. The van der Waals surface area contributed by atoms with Crippen LogP contribution >= 0.6 is 0 Å². The molecule has 4 unspecified atom stereocenters. The molecule has 2 aliphatic carbocycles. The first kappa shape index (κ1) is 12.4. The molecule has 0 aromatic rings. The third kappa shape index (κ3) is 1.80. The zero-order valence-corrected chi connectivity index (χ0v) is 11.5. The van der Waals surface area contributed by atoms with Crippen LogP contribution in [0.4, 0.5) is 0 Å². The van der Waals surface area contributed by atoms with Crippen LogP contribution < -0.4 is 5.32 Å². The van der Waals surface area contributed by atoms with Crippen LogP contribution in [0.5, 0.6) is 0 Å². The van der Waals surface area contributed by atoms with E-state index in [9.17, 15) is 0 Å². The lowest BCUT2D eigenvalue weighted by Crippen LogP contribution is -2.68. The summed E-state index contributed by atoms with van der Waals surface area (Å²) >= 11 is 0. The van der Waals surface area contributed by atoms with Crippen molar-refractivity contribution in [2.45, 2.75) is 71.1 Å². The Morgan fingerprint density at radius 2 is 2.00 bits per heavy atom. The Hall–Kier alpha value is -0.0800. The van der Waals surface area contributed by atoms with Gasteiger partial charge >= 0.3 is 0 Å². The van der Waals surface area contributed by atoms with Crippen LogP contribution in [0.1, 0.15) is 53.4 Å². The van der Waals surface area contributed by atoms with E-state index in [4.69, 9.17) is 4.74 Å². The Bertz CT molecular complexity index is 263. The molecule has 0 heterocycles. The van der Waals surface area contributed by atoms with Crippen molar-refractivity contribution in [3.05, 3.63) is 0 Å². The van der Waals surface area contributed by atoms with E-state index in [-0.39, 0.29) is 11.0 Å². The Morgan fingerprint density at radius 1 is 1.31 bits per heavy atom. The predicted octanol–water partition coefficient (Wildman–Crippen LogP) is 2.97. The Labute approximate surface area is 100 Å². The standard InChI is InChI=1S/C14H27NO/c1-6-7-10-8-11(10)15-12-9-14(4,16-5)13(12,2)3/h10-12,15H,6-9H2,1-5H3. The summed E-state index contributed by atoms with van der Waals surface area (Å²) in [6, 6.07) is 1.44. The average molecular weight is 225 g/mol. The summed E-state index contributed by atoms with van der Waals surface area (Å²) in [6.45, 7) is 9.18. The van der Waals surface area contributed by atoms with Gasteiger partial charge in [0.25, 0.3) is 0 Å². The highest BCUT2D eigenvalue weighted by Gasteiger charge is 2.58. The molecule has 0 aliphatic heterocycles.